The fourth-order valence-corrected chi connectivity index (χ4v) is 2.19. The summed E-state index contributed by atoms with van der Waals surface area (Å²) in [7, 11) is 0. The summed E-state index contributed by atoms with van der Waals surface area (Å²) < 4.78 is 5.78. The van der Waals surface area contributed by atoms with Crippen molar-refractivity contribution in [2.24, 2.45) is 5.10 Å². The lowest BCUT2D eigenvalue weighted by Crippen LogP contribution is -1.97. The molecule has 0 aliphatic rings. The number of nitrogens with zero attached hydrogens (tertiary/aromatic N) is 1. The number of ether oxygens (including phenoxy) is 1. The van der Waals surface area contributed by atoms with Crippen molar-refractivity contribution in [3.63, 3.8) is 0 Å². The molecule has 3 aromatic rings. The van der Waals surface area contributed by atoms with Gasteiger partial charge in [-0.15, -0.1) is 0 Å². The van der Waals surface area contributed by atoms with E-state index in [0.29, 0.717) is 11.4 Å². The number of aromatic carboxylic acids is 1. The summed E-state index contributed by atoms with van der Waals surface area (Å²) in [5.74, 6) is 0.501. The topological polar surface area (TPSA) is 70.9 Å². The Labute approximate surface area is 145 Å². The molecule has 0 bridgehead atoms. The van der Waals surface area contributed by atoms with Crippen LogP contribution in [0.2, 0.25) is 0 Å². The molecule has 2 N–H and O–H groups in total. The van der Waals surface area contributed by atoms with Gasteiger partial charge in [-0.2, -0.15) is 5.10 Å². The Hall–Kier alpha value is -3.60. The molecule has 3 rings (SSSR count). The third-order valence-corrected chi connectivity index (χ3v) is 3.35. The number of benzene rings is 3. The highest BCUT2D eigenvalue weighted by molar-refractivity contribution is 5.89. The number of anilines is 1. The number of nitrogens with one attached hydrogen (secondary N) is 1. The van der Waals surface area contributed by atoms with Crippen LogP contribution in [0.5, 0.6) is 11.5 Å². The summed E-state index contributed by atoms with van der Waals surface area (Å²) in [6, 6.07) is 23.5. The number of carbonyl (C=O) groups is 1. The Morgan fingerprint density at radius 3 is 2.48 bits per heavy atom. The maximum Gasteiger partial charge on any atom is 0.335 e. The Bertz CT molecular complexity index is 892. The van der Waals surface area contributed by atoms with Gasteiger partial charge in [-0.25, -0.2) is 4.79 Å². The van der Waals surface area contributed by atoms with Gasteiger partial charge in [-0.05, 0) is 48.0 Å². The minimum absolute atomic E-state index is 0.207. The van der Waals surface area contributed by atoms with Gasteiger partial charge in [-0.1, -0.05) is 36.4 Å². The second-order valence-corrected chi connectivity index (χ2v) is 5.24. The van der Waals surface area contributed by atoms with Gasteiger partial charge in [0.05, 0.1) is 17.5 Å². The molecule has 5 nitrogen and oxygen atoms in total. The molecule has 3 aromatic carbocycles. The molecule has 0 saturated carbocycles. The first kappa shape index (κ1) is 16.3. The van der Waals surface area contributed by atoms with E-state index < -0.39 is 5.97 Å². The largest absolute Gasteiger partial charge is 0.478 e. The van der Waals surface area contributed by atoms with Crippen LogP contribution in [-0.2, 0) is 0 Å². The number of hydrogen-bond donors (Lipinski definition) is 2. The Balaban J connectivity index is 1.66. The van der Waals surface area contributed by atoms with Crippen LogP contribution in [0.25, 0.3) is 0 Å². The molecule has 0 fully saturated rings. The van der Waals surface area contributed by atoms with Crippen LogP contribution in [0.4, 0.5) is 5.69 Å². The zero-order valence-electron chi connectivity index (χ0n) is 13.3. The molecule has 0 heterocycles. The molecule has 0 unspecified atom stereocenters. The Kier molecular flexibility index (Phi) is 5.07. The number of rotatable bonds is 6. The van der Waals surface area contributed by atoms with Crippen molar-refractivity contribution in [3.8, 4) is 11.5 Å². The quantitative estimate of drug-likeness (QED) is 0.510. The molecule has 0 atom stereocenters. The van der Waals surface area contributed by atoms with Crippen LogP contribution in [0, 0.1) is 0 Å². The van der Waals surface area contributed by atoms with E-state index in [1.54, 1.807) is 18.3 Å². The predicted molar refractivity (Wildman–Crippen MR) is 97.6 cm³/mol. The number of para-hydroxylation sites is 1. The molecule has 0 radical (unpaired) electrons. The third kappa shape index (κ3) is 4.68. The lowest BCUT2D eigenvalue weighted by atomic mass is 10.2. The van der Waals surface area contributed by atoms with E-state index in [2.05, 4.69) is 10.5 Å². The monoisotopic (exact) mass is 332 g/mol. The summed E-state index contributed by atoms with van der Waals surface area (Å²) in [6.07, 6.45) is 1.64. The maximum absolute atomic E-state index is 11.0. The van der Waals surface area contributed by atoms with Gasteiger partial charge >= 0.3 is 5.97 Å². The van der Waals surface area contributed by atoms with Crippen LogP contribution < -0.4 is 10.2 Å². The Morgan fingerprint density at radius 2 is 1.68 bits per heavy atom. The fourth-order valence-electron chi connectivity index (χ4n) is 2.19. The minimum atomic E-state index is -0.974. The van der Waals surface area contributed by atoms with Gasteiger partial charge in [0.2, 0.25) is 0 Å². The van der Waals surface area contributed by atoms with E-state index >= 15 is 0 Å². The molecule has 0 saturated heterocycles. The maximum atomic E-state index is 11.0. The zero-order valence-corrected chi connectivity index (χ0v) is 13.3. The molecule has 0 aliphatic heterocycles. The van der Waals surface area contributed by atoms with Crippen LogP contribution in [0.15, 0.2) is 84.0 Å². The van der Waals surface area contributed by atoms with Crippen LogP contribution >= 0.6 is 0 Å². The predicted octanol–water partition coefficient (Wildman–Crippen LogP) is 4.62. The summed E-state index contributed by atoms with van der Waals surface area (Å²) in [6.45, 7) is 0. The lowest BCUT2D eigenvalue weighted by Gasteiger charge is -2.06. The highest BCUT2D eigenvalue weighted by Gasteiger charge is 2.02. The summed E-state index contributed by atoms with van der Waals surface area (Å²) in [5.41, 5.74) is 4.49. The van der Waals surface area contributed by atoms with E-state index in [1.165, 1.54) is 12.1 Å². The minimum Gasteiger partial charge on any atom is -0.478 e. The molecular weight excluding hydrogens is 316 g/mol. The lowest BCUT2D eigenvalue weighted by molar-refractivity contribution is 0.0697. The van der Waals surface area contributed by atoms with Gasteiger partial charge in [0.25, 0.3) is 0 Å². The summed E-state index contributed by atoms with van der Waals surface area (Å²) in [4.78, 5) is 11.0. The van der Waals surface area contributed by atoms with E-state index in [4.69, 9.17) is 9.84 Å². The number of carboxylic acids is 1. The van der Waals surface area contributed by atoms with E-state index in [-0.39, 0.29) is 5.56 Å². The molecule has 0 aliphatic carbocycles. The van der Waals surface area contributed by atoms with E-state index in [1.807, 2.05) is 54.6 Å². The highest BCUT2D eigenvalue weighted by atomic mass is 16.5. The standard InChI is InChI=1S/C20H16N2O3/c23-20(24)16-7-5-8-17(13-16)22-21-14-15-6-4-11-19(12-15)25-18-9-2-1-3-10-18/h1-14,22H,(H,23,24)/b21-14-. The van der Waals surface area contributed by atoms with Crippen molar-refractivity contribution < 1.29 is 14.6 Å². The average molecular weight is 332 g/mol. The van der Waals surface area contributed by atoms with Crippen molar-refractivity contribution in [1.82, 2.24) is 0 Å². The van der Waals surface area contributed by atoms with Gasteiger partial charge in [-0.3, -0.25) is 5.43 Å². The first-order valence-electron chi connectivity index (χ1n) is 7.66. The Morgan fingerprint density at radius 1 is 0.920 bits per heavy atom. The molecule has 0 amide bonds. The van der Waals surface area contributed by atoms with Crippen molar-refractivity contribution in [2.75, 3.05) is 5.43 Å². The summed E-state index contributed by atoms with van der Waals surface area (Å²) in [5, 5.41) is 13.1. The van der Waals surface area contributed by atoms with E-state index in [9.17, 15) is 4.79 Å². The second-order valence-electron chi connectivity index (χ2n) is 5.24. The van der Waals surface area contributed by atoms with Crippen LogP contribution in [-0.4, -0.2) is 17.3 Å². The van der Waals surface area contributed by atoms with Gasteiger partial charge in [0, 0.05) is 0 Å². The summed E-state index contributed by atoms with van der Waals surface area (Å²) >= 11 is 0. The van der Waals surface area contributed by atoms with Crippen LogP contribution in [0.3, 0.4) is 0 Å². The van der Waals surface area contributed by atoms with Crippen molar-refractivity contribution in [3.05, 3.63) is 90.0 Å². The normalized spacial score (nSPS) is 10.6. The fraction of sp³-hybridized carbons (Fsp3) is 0. The van der Waals surface area contributed by atoms with Gasteiger partial charge in [0.1, 0.15) is 11.5 Å². The molecule has 124 valence electrons. The molecular formula is C20H16N2O3. The average Bonchev–Trinajstić information content (AvgIpc) is 2.63. The smallest absolute Gasteiger partial charge is 0.335 e. The first-order valence-corrected chi connectivity index (χ1v) is 7.66. The number of carboxylic acid groups (broad SMARTS) is 1. The molecule has 0 aromatic heterocycles. The molecule has 5 heteroatoms. The van der Waals surface area contributed by atoms with Crippen LogP contribution in [0.1, 0.15) is 15.9 Å². The SMILES string of the molecule is O=C(O)c1cccc(N/N=C\c2cccc(Oc3ccccc3)c2)c1. The third-order valence-electron chi connectivity index (χ3n) is 3.35. The van der Waals surface area contributed by atoms with Crippen molar-refractivity contribution in [1.29, 1.82) is 0 Å². The van der Waals surface area contributed by atoms with Gasteiger partial charge in [0.15, 0.2) is 0 Å². The highest BCUT2D eigenvalue weighted by Crippen LogP contribution is 2.21. The zero-order chi connectivity index (χ0) is 17.5. The van der Waals surface area contributed by atoms with Crippen molar-refractivity contribution in [2.45, 2.75) is 0 Å². The number of hydrazone groups is 1. The first-order chi connectivity index (χ1) is 12.2. The van der Waals surface area contributed by atoms with Crippen molar-refractivity contribution >= 4 is 17.9 Å². The second kappa shape index (κ2) is 7.79. The van der Waals surface area contributed by atoms with E-state index in [0.717, 1.165) is 11.3 Å². The molecule has 25 heavy (non-hydrogen) atoms. The van der Waals surface area contributed by atoms with Gasteiger partial charge < -0.3 is 9.84 Å². The molecule has 0 spiro atoms. The number of hydrogen-bond acceptors (Lipinski definition) is 4.